The summed E-state index contributed by atoms with van der Waals surface area (Å²) in [5, 5.41) is 0. The van der Waals surface area contributed by atoms with E-state index >= 15 is 0 Å². The first kappa shape index (κ1) is 22.6. The van der Waals surface area contributed by atoms with E-state index in [2.05, 4.69) is 39.0 Å². The summed E-state index contributed by atoms with van der Waals surface area (Å²) in [6.07, 6.45) is 7.55. The number of aromatic nitrogens is 2. The van der Waals surface area contributed by atoms with E-state index in [1.165, 1.54) is 12.8 Å². The Morgan fingerprint density at radius 3 is 1.92 bits per heavy atom. The van der Waals surface area contributed by atoms with Crippen molar-refractivity contribution >= 4 is 11.0 Å². The van der Waals surface area contributed by atoms with Crippen LogP contribution in [0.2, 0.25) is 0 Å². The van der Waals surface area contributed by atoms with E-state index in [-0.39, 0.29) is 21.1 Å². The van der Waals surface area contributed by atoms with Gasteiger partial charge in [0.1, 0.15) is 0 Å². The van der Waals surface area contributed by atoms with Crippen molar-refractivity contribution in [2.24, 2.45) is 0 Å². The van der Waals surface area contributed by atoms with Gasteiger partial charge in [0.05, 0.1) is 0 Å². The van der Waals surface area contributed by atoms with Gasteiger partial charge in [-0.2, -0.15) is 12.8 Å². The standard InChI is InChI=1S/C13H9N2.2C4H9.Pt/c1-2-6-11(7-3-1)15-10-14-12-8-4-5-9-13(12)15;2*1-3-4-2;/h1-9H;2*1,3-4H2,2H3;/q3*-1;. The number of benzene rings is 2. The Hall–Kier alpha value is -1.40. The number of unbranched alkanes of at least 4 members (excludes halogenated alkanes) is 2. The maximum absolute atomic E-state index is 4.23. The summed E-state index contributed by atoms with van der Waals surface area (Å²) < 4.78 is 1.97. The van der Waals surface area contributed by atoms with Gasteiger partial charge in [-0.1, -0.05) is 86.8 Å². The smallest absolute Gasteiger partial charge is 0.0418 e. The molecule has 0 fully saturated rings. The number of hydrogen-bond donors (Lipinski definition) is 0. The first-order valence-corrected chi connectivity index (χ1v) is 8.27. The van der Waals surface area contributed by atoms with Crippen LogP contribution in [0.3, 0.4) is 0 Å². The maximum atomic E-state index is 4.23. The number of fused-ring (bicyclic) bond motifs is 1. The van der Waals surface area contributed by atoms with Crippen LogP contribution in [0.15, 0.2) is 54.6 Å². The molecule has 2 aromatic carbocycles. The van der Waals surface area contributed by atoms with Gasteiger partial charge in [-0.3, -0.25) is 0 Å². The molecular weight excluding hydrogens is 475 g/mol. The Morgan fingerprint density at radius 1 is 0.875 bits per heavy atom. The Kier molecular flexibility index (Phi) is 13.2. The van der Waals surface area contributed by atoms with Crippen molar-refractivity contribution < 1.29 is 21.1 Å². The quantitative estimate of drug-likeness (QED) is 0.398. The predicted octanol–water partition coefficient (Wildman–Crippen LogP) is 6.06. The summed E-state index contributed by atoms with van der Waals surface area (Å²) in [6, 6.07) is 18.2. The van der Waals surface area contributed by atoms with Gasteiger partial charge in [0, 0.05) is 27.4 Å². The largest absolute Gasteiger partial charge is 0.426 e. The molecule has 24 heavy (non-hydrogen) atoms. The Balaban J connectivity index is 0.000000503. The van der Waals surface area contributed by atoms with E-state index in [0.717, 1.165) is 29.6 Å². The molecule has 0 aliphatic rings. The van der Waals surface area contributed by atoms with Gasteiger partial charge in [-0.15, -0.1) is 0 Å². The SMILES string of the molecule is [CH2-]CCC.[CH2-]CCC.[Pt].[c-]1nc2ccccc2n1-c1ccccc1. The normalized spacial score (nSPS) is 9.17. The molecule has 0 saturated carbocycles. The molecule has 1 aromatic heterocycles. The van der Waals surface area contributed by atoms with Crippen LogP contribution in [0.1, 0.15) is 39.5 Å². The molecule has 0 aliphatic heterocycles. The molecule has 0 radical (unpaired) electrons. The fraction of sp³-hybridized carbons (Fsp3) is 0.286. The van der Waals surface area contributed by atoms with Crippen LogP contribution < -0.4 is 0 Å². The molecule has 2 nitrogen and oxygen atoms in total. The minimum Gasteiger partial charge on any atom is -0.426 e. The van der Waals surface area contributed by atoms with Crippen LogP contribution in [-0.4, -0.2) is 9.55 Å². The van der Waals surface area contributed by atoms with Crippen molar-refractivity contribution in [2.75, 3.05) is 0 Å². The molecule has 0 unspecified atom stereocenters. The third kappa shape index (κ3) is 7.45. The molecule has 0 spiro atoms. The molecule has 0 atom stereocenters. The van der Waals surface area contributed by atoms with E-state index in [1.54, 1.807) is 0 Å². The van der Waals surface area contributed by atoms with E-state index in [1.807, 2.05) is 59.2 Å². The van der Waals surface area contributed by atoms with Crippen molar-refractivity contribution in [1.82, 2.24) is 9.55 Å². The molecule has 1 heterocycles. The monoisotopic (exact) mass is 502 g/mol. The Morgan fingerprint density at radius 2 is 1.38 bits per heavy atom. The van der Waals surface area contributed by atoms with Crippen molar-refractivity contribution in [1.29, 1.82) is 0 Å². The third-order valence-electron chi connectivity index (χ3n) is 3.11. The van der Waals surface area contributed by atoms with Gasteiger partial charge in [0.15, 0.2) is 0 Å². The van der Waals surface area contributed by atoms with Gasteiger partial charge in [0.2, 0.25) is 0 Å². The van der Waals surface area contributed by atoms with E-state index in [4.69, 9.17) is 0 Å². The number of para-hydroxylation sites is 3. The molecule has 0 saturated heterocycles. The molecule has 134 valence electrons. The summed E-state index contributed by atoms with van der Waals surface area (Å²) >= 11 is 0. The van der Waals surface area contributed by atoms with Gasteiger partial charge in [-0.05, 0) is 11.2 Å². The molecule has 3 heteroatoms. The van der Waals surface area contributed by atoms with E-state index in [9.17, 15) is 0 Å². The first-order valence-electron chi connectivity index (χ1n) is 8.27. The van der Waals surface area contributed by atoms with Crippen LogP contribution in [0, 0.1) is 20.2 Å². The molecular formula is C21H27N2Pt-3. The van der Waals surface area contributed by atoms with Crippen molar-refractivity contribution in [3.05, 3.63) is 74.8 Å². The van der Waals surface area contributed by atoms with Gasteiger partial charge < -0.3 is 23.4 Å². The summed E-state index contributed by atoms with van der Waals surface area (Å²) in [4.78, 5) is 4.23. The third-order valence-corrected chi connectivity index (χ3v) is 3.11. The van der Waals surface area contributed by atoms with Crippen LogP contribution in [0.4, 0.5) is 0 Å². The minimum atomic E-state index is 0. The first-order chi connectivity index (χ1) is 11.3. The van der Waals surface area contributed by atoms with Crippen LogP contribution in [0.25, 0.3) is 16.7 Å². The number of hydrogen-bond acceptors (Lipinski definition) is 1. The molecule has 0 amide bonds. The molecule has 0 N–H and O–H groups in total. The number of imidazole rings is 1. The zero-order valence-electron chi connectivity index (χ0n) is 14.6. The molecule has 3 rings (SSSR count). The Bertz CT molecular complexity index is 639. The topological polar surface area (TPSA) is 17.8 Å². The fourth-order valence-corrected chi connectivity index (χ4v) is 1.68. The second-order valence-corrected chi connectivity index (χ2v) is 5.08. The fourth-order valence-electron chi connectivity index (χ4n) is 1.68. The van der Waals surface area contributed by atoms with E-state index in [0.29, 0.717) is 0 Å². The number of rotatable bonds is 3. The second-order valence-electron chi connectivity index (χ2n) is 5.08. The molecule has 3 aromatic rings. The van der Waals surface area contributed by atoms with Gasteiger partial charge >= 0.3 is 0 Å². The maximum Gasteiger partial charge on any atom is 0.0418 e. The van der Waals surface area contributed by atoms with Crippen molar-refractivity contribution in [2.45, 2.75) is 39.5 Å². The average molecular weight is 503 g/mol. The summed E-state index contributed by atoms with van der Waals surface area (Å²) in [6.45, 7) is 11.4. The van der Waals surface area contributed by atoms with Gasteiger partial charge in [-0.25, -0.2) is 0 Å². The second kappa shape index (κ2) is 14.0. The summed E-state index contributed by atoms with van der Waals surface area (Å²) in [5.41, 5.74) is 3.15. The predicted molar refractivity (Wildman–Crippen MR) is 100 cm³/mol. The molecule has 0 bridgehead atoms. The van der Waals surface area contributed by atoms with Crippen LogP contribution >= 0.6 is 0 Å². The van der Waals surface area contributed by atoms with Crippen LogP contribution in [0.5, 0.6) is 0 Å². The van der Waals surface area contributed by atoms with E-state index < -0.39 is 0 Å². The zero-order valence-corrected chi connectivity index (χ0v) is 16.9. The average Bonchev–Trinajstić information content (AvgIpc) is 3.07. The van der Waals surface area contributed by atoms with Crippen molar-refractivity contribution in [3.63, 3.8) is 0 Å². The van der Waals surface area contributed by atoms with Crippen molar-refractivity contribution in [3.8, 4) is 5.69 Å². The zero-order chi connectivity index (χ0) is 16.9. The van der Waals surface area contributed by atoms with Gasteiger partial charge in [0.25, 0.3) is 0 Å². The summed E-state index contributed by atoms with van der Waals surface area (Å²) in [7, 11) is 0. The number of nitrogens with zero attached hydrogens (tertiary/aromatic N) is 2. The summed E-state index contributed by atoms with van der Waals surface area (Å²) in [5.74, 6) is 0. The van der Waals surface area contributed by atoms with Crippen LogP contribution in [-0.2, 0) is 21.1 Å². The molecule has 0 aliphatic carbocycles. The Labute approximate surface area is 161 Å². The minimum absolute atomic E-state index is 0.